The third-order valence-electron chi connectivity index (χ3n) is 3.29. The third-order valence-corrected chi connectivity index (χ3v) is 3.29. The van der Waals surface area contributed by atoms with E-state index in [0.717, 1.165) is 18.8 Å². The molecule has 0 unspecified atom stereocenters. The number of piperidine rings is 1. The molecule has 1 aliphatic heterocycles. The number of rotatable bonds is 1. The van der Waals surface area contributed by atoms with Gasteiger partial charge in [0.25, 0.3) is 0 Å². The molecule has 1 heterocycles. The van der Waals surface area contributed by atoms with Crippen LogP contribution in [0.3, 0.4) is 0 Å². The van der Waals surface area contributed by atoms with Crippen LogP contribution in [0.25, 0.3) is 0 Å². The van der Waals surface area contributed by atoms with Gasteiger partial charge in [0.05, 0.1) is 6.10 Å². The Balaban J connectivity index is 1.80. The molecule has 0 aromatic carbocycles. The fourth-order valence-electron chi connectivity index (χ4n) is 2.41. The predicted octanol–water partition coefficient (Wildman–Crippen LogP) is 1.24. The molecule has 0 radical (unpaired) electrons. The van der Waals surface area contributed by atoms with E-state index < -0.39 is 0 Å². The van der Waals surface area contributed by atoms with Gasteiger partial charge in [-0.2, -0.15) is 0 Å². The molecule has 12 heavy (non-hydrogen) atoms. The summed E-state index contributed by atoms with van der Waals surface area (Å²) in [6, 6.07) is 0.711. The van der Waals surface area contributed by atoms with E-state index >= 15 is 0 Å². The van der Waals surface area contributed by atoms with Crippen LogP contribution < -0.4 is 0 Å². The molecule has 2 fully saturated rings. The average Bonchev–Trinajstić information content (AvgIpc) is 1.99. The first-order chi connectivity index (χ1) is 5.75. The predicted molar refractivity (Wildman–Crippen MR) is 49.0 cm³/mol. The Morgan fingerprint density at radius 1 is 1.33 bits per heavy atom. The first-order valence-electron chi connectivity index (χ1n) is 5.18. The molecular weight excluding hydrogens is 150 g/mol. The third kappa shape index (κ3) is 1.64. The van der Waals surface area contributed by atoms with Gasteiger partial charge in [-0.25, -0.2) is 0 Å². The molecule has 1 aliphatic carbocycles. The highest BCUT2D eigenvalue weighted by Gasteiger charge is 2.33. The maximum Gasteiger partial charge on any atom is 0.0570 e. The highest BCUT2D eigenvalue weighted by molar-refractivity contribution is 4.88. The van der Waals surface area contributed by atoms with Gasteiger partial charge in [-0.1, -0.05) is 6.92 Å². The molecular formula is C10H19NO. The summed E-state index contributed by atoms with van der Waals surface area (Å²) in [4.78, 5) is 2.57. The van der Waals surface area contributed by atoms with E-state index in [4.69, 9.17) is 0 Å². The lowest BCUT2D eigenvalue weighted by molar-refractivity contribution is -0.0133. The Labute approximate surface area is 74.6 Å². The van der Waals surface area contributed by atoms with Crippen LogP contribution in [-0.2, 0) is 0 Å². The standard InChI is InChI=1S/C10H19NO/c1-8-3-2-4-11(7-8)9-5-10(12)6-9/h8-10,12H,2-7H2,1H3/t8-,9-,10-/m1/s1. The van der Waals surface area contributed by atoms with Gasteiger partial charge in [0.1, 0.15) is 0 Å². The molecule has 1 saturated heterocycles. The highest BCUT2D eigenvalue weighted by atomic mass is 16.3. The molecule has 1 N–H and O–H groups in total. The molecule has 1 saturated carbocycles. The molecule has 0 amide bonds. The summed E-state index contributed by atoms with van der Waals surface area (Å²) >= 11 is 0. The van der Waals surface area contributed by atoms with Crippen LogP contribution in [0.1, 0.15) is 32.6 Å². The van der Waals surface area contributed by atoms with Gasteiger partial charge in [-0.05, 0) is 38.1 Å². The second kappa shape index (κ2) is 3.35. The Morgan fingerprint density at radius 3 is 2.67 bits per heavy atom. The van der Waals surface area contributed by atoms with Gasteiger partial charge >= 0.3 is 0 Å². The number of aliphatic hydroxyl groups is 1. The largest absolute Gasteiger partial charge is 0.393 e. The van der Waals surface area contributed by atoms with E-state index in [1.165, 1.54) is 25.9 Å². The number of nitrogens with zero attached hydrogens (tertiary/aromatic N) is 1. The molecule has 1 atom stereocenters. The van der Waals surface area contributed by atoms with Gasteiger partial charge < -0.3 is 5.11 Å². The second-order valence-corrected chi connectivity index (χ2v) is 4.52. The normalized spacial score (nSPS) is 44.0. The van der Waals surface area contributed by atoms with Crippen LogP contribution in [0, 0.1) is 5.92 Å². The minimum atomic E-state index is 0.00670. The lowest BCUT2D eigenvalue weighted by Crippen LogP contribution is -2.50. The van der Waals surface area contributed by atoms with E-state index in [-0.39, 0.29) is 6.10 Å². The van der Waals surface area contributed by atoms with Crippen molar-refractivity contribution in [2.24, 2.45) is 5.92 Å². The number of likely N-dealkylation sites (tertiary alicyclic amines) is 1. The zero-order valence-electron chi connectivity index (χ0n) is 7.87. The van der Waals surface area contributed by atoms with Crippen molar-refractivity contribution >= 4 is 0 Å². The summed E-state index contributed by atoms with van der Waals surface area (Å²) in [6.07, 6.45) is 4.80. The Morgan fingerprint density at radius 2 is 2.08 bits per heavy atom. The summed E-state index contributed by atoms with van der Waals surface area (Å²) in [7, 11) is 0. The maximum absolute atomic E-state index is 9.19. The van der Waals surface area contributed by atoms with Crippen LogP contribution in [0.5, 0.6) is 0 Å². The number of aliphatic hydroxyl groups excluding tert-OH is 1. The summed E-state index contributed by atoms with van der Waals surface area (Å²) < 4.78 is 0. The minimum Gasteiger partial charge on any atom is -0.393 e. The van der Waals surface area contributed by atoms with E-state index in [1.807, 2.05) is 0 Å². The monoisotopic (exact) mass is 169 g/mol. The van der Waals surface area contributed by atoms with Crippen LogP contribution in [-0.4, -0.2) is 35.2 Å². The fourth-order valence-corrected chi connectivity index (χ4v) is 2.41. The summed E-state index contributed by atoms with van der Waals surface area (Å²) in [6.45, 7) is 4.86. The van der Waals surface area contributed by atoms with Crippen molar-refractivity contribution in [1.29, 1.82) is 0 Å². The lowest BCUT2D eigenvalue weighted by Gasteiger charge is -2.44. The lowest BCUT2D eigenvalue weighted by atomic mass is 9.86. The van der Waals surface area contributed by atoms with Crippen LogP contribution in [0.4, 0.5) is 0 Å². The molecule has 0 bridgehead atoms. The zero-order valence-corrected chi connectivity index (χ0v) is 7.87. The van der Waals surface area contributed by atoms with Gasteiger partial charge in [0.15, 0.2) is 0 Å². The molecule has 2 heteroatoms. The SMILES string of the molecule is C[C@@H]1CCCN([C@H]2C[C@H](O)C2)C1. The van der Waals surface area contributed by atoms with E-state index in [9.17, 15) is 5.11 Å². The maximum atomic E-state index is 9.19. The number of hydrogen-bond acceptors (Lipinski definition) is 2. The average molecular weight is 169 g/mol. The smallest absolute Gasteiger partial charge is 0.0570 e. The Bertz CT molecular complexity index is 154. The van der Waals surface area contributed by atoms with E-state index in [2.05, 4.69) is 11.8 Å². The first kappa shape index (κ1) is 8.52. The number of hydrogen-bond donors (Lipinski definition) is 1. The van der Waals surface area contributed by atoms with E-state index in [0.29, 0.717) is 6.04 Å². The van der Waals surface area contributed by atoms with E-state index in [1.54, 1.807) is 0 Å². The zero-order chi connectivity index (χ0) is 8.55. The van der Waals surface area contributed by atoms with Crippen molar-refractivity contribution in [3.8, 4) is 0 Å². The first-order valence-corrected chi connectivity index (χ1v) is 5.18. The van der Waals surface area contributed by atoms with Crippen LogP contribution in [0.15, 0.2) is 0 Å². The molecule has 2 rings (SSSR count). The summed E-state index contributed by atoms with van der Waals surface area (Å²) in [5, 5.41) is 9.19. The van der Waals surface area contributed by atoms with Gasteiger partial charge in [0, 0.05) is 12.6 Å². The van der Waals surface area contributed by atoms with Crippen LogP contribution in [0.2, 0.25) is 0 Å². The van der Waals surface area contributed by atoms with Crippen molar-refractivity contribution in [2.45, 2.75) is 44.8 Å². The summed E-state index contributed by atoms with van der Waals surface area (Å²) in [5.74, 6) is 0.872. The molecule has 2 nitrogen and oxygen atoms in total. The van der Waals surface area contributed by atoms with Gasteiger partial charge in [-0.15, -0.1) is 0 Å². The van der Waals surface area contributed by atoms with Crippen molar-refractivity contribution < 1.29 is 5.11 Å². The van der Waals surface area contributed by atoms with Crippen LogP contribution >= 0.6 is 0 Å². The summed E-state index contributed by atoms with van der Waals surface area (Å²) in [5.41, 5.74) is 0. The Hall–Kier alpha value is -0.0800. The van der Waals surface area contributed by atoms with Crippen molar-refractivity contribution in [1.82, 2.24) is 4.90 Å². The molecule has 0 aromatic heterocycles. The second-order valence-electron chi connectivity index (χ2n) is 4.52. The highest BCUT2D eigenvalue weighted by Crippen LogP contribution is 2.29. The topological polar surface area (TPSA) is 23.5 Å². The van der Waals surface area contributed by atoms with Crippen molar-refractivity contribution in [2.75, 3.05) is 13.1 Å². The molecule has 0 spiro atoms. The van der Waals surface area contributed by atoms with Gasteiger partial charge in [-0.3, -0.25) is 4.90 Å². The quantitative estimate of drug-likeness (QED) is 0.638. The molecule has 0 aromatic rings. The minimum absolute atomic E-state index is 0.00670. The molecule has 2 aliphatic rings. The van der Waals surface area contributed by atoms with Crippen molar-refractivity contribution in [3.63, 3.8) is 0 Å². The van der Waals surface area contributed by atoms with Gasteiger partial charge in [0.2, 0.25) is 0 Å². The Kier molecular flexibility index (Phi) is 2.37. The molecule has 70 valence electrons. The van der Waals surface area contributed by atoms with Crippen molar-refractivity contribution in [3.05, 3.63) is 0 Å². The fraction of sp³-hybridized carbons (Fsp3) is 1.00.